The molecule has 1 amide bonds. The number of rotatable bonds is 5. The summed E-state index contributed by atoms with van der Waals surface area (Å²) in [6.07, 6.45) is 0.241. The Balaban J connectivity index is 2.77. The van der Waals surface area contributed by atoms with Crippen molar-refractivity contribution in [3.8, 4) is 0 Å². The van der Waals surface area contributed by atoms with Crippen LogP contribution in [0, 0.1) is 5.82 Å². The molecule has 3 N–H and O–H groups in total. The molecular weight excluding hydrogens is 237 g/mol. The third-order valence-electron chi connectivity index (χ3n) is 2.54. The van der Waals surface area contributed by atoms with Gasteiger partial charge in [0.05, 0.1) is 5.56 Å². The fourth-order valence-electron chi connectivity index (χ4n) is 1.51. The monoisotopic (exact) mass is 253 g/mol. The van der Waals surface area contributed by atoms with Crippen LogP contribution in [0.25, 0.3) is 0 Å². The van der Waals surface area contributed by atoms with E-state index >= 15 is 0 Å². The van der Waals surface area contributed by atoms with Gasteiger partial charge in [0.2, 0.25) is 0 Å². The van der Waals surface area contributed by atoms with E-state index in [1.807, 2.05) is 0 Å². The van der Waals surface area contributed by atoms with Gasteiger partial charge in [0.25, 0.3) is 5.91 Å². The Bertz CT molecular complexity index is 449. The maximum Gasteiger partial charge on any atom is 0.256 e. The van der Waals surface area contributed by atoms with Crippen LogP contribution in [0.3, 0.4) is 0 Å². The summed E-state index contributed by atoms with van der Waals surface area (Å²) in [7, 11) is 0. The van der Waals surface area contributed by atoms with E-state index < -0.39 is 11.7 Å². The summed E-state index contributed by atoms with van der Waals surface area (Å²) in [5.41, 5.74) is 5.36. The van der Waals surface area contributed by atoms with Crippen molar-refractivity contribution in [3.63, 3.8) is 0 Å². The van der Waals surface area contributed by atoms with Gasteiger partial charge in [-0.3, -0.25) is 4.79 Å². The molecular formula is C12H16FN3O2. The van der Waals surface area contributed by atoms with E-state index in [-0.39, 0.29) is 24.4 Å². The van der Waals surface area contributed by atoms with Gasteiger partial charge in [-0.1, -0.05) is 17.3 Å². The molecule has 6 heteroatoms. The van der Waals surface area contributed by atoms with Crippen LogP contribution in [-0.4, -0.2) is 34.9 Å². The Morgan fingerprint density at radius 2 is 2.17 bits per heavy atom. The van der Waals surface area contributed by atoms with Crippen molar-refractivity contribution in [2.24, 2.45) is 10.9 Å². The molecule has 0 bridgehead atoms. The SMILES string of the molecule is CCN(CCC(N)=NO)C(=O)c1ccccc1F. The average molecular weight is 253 g/mol. The van der Waals surface area contributed by atoms with Gasteiger partial charge in [-0.15, -0.1) is 0 Å². The highest BCUT2D eigenvalue weighted by atomic mass is 19.1. The minimum absolute atomic E-state index is 0.0267. The van der Waals surface area contributed by atoms with Gasteiger partial charge in [-0.05, 0) is 19.1 Å². The molecule has 0 heterocycles. The third kappa shape index (κ3) is 3.44. The second-order valence-electron chi connectivity index (χ2n) is 3.71. The highest BCUT2D eigenvalue weighted by Crippen LogP contribution is 2.10. The van der Waals surface area contributed by atoms with Crippen LogP contribution in [0.15, 0.2) is 29.4 Å². The Labute approximate surface area is 105 Å². The molecule has 1 aromatic carbocycles. The summed E-state index contributed by atoms with van der Waals surface area (Å²) < 4.78 is 13.5. The maximum absolute atomic E-state index is 13.5. The molecule has 98 valence electrons. The van der Waals surface area contributed by atoms with Crippen molar-refractivity contribution in [2.75, 3.05) is 13.1 Å². The average Bonchev–Trinajstić information content (AvgIpc) is 2.39. The molecule has 0 aromatic heterocycles. The van der Waals surface area contributed by atoms with Crippen molar-refractivity contribution in [1.29, 1.82) is 0 Å². The highest BCUT2D eigenvalue weighted by molar-refractivity contribution is 5.94. The summed E-state index contributed by atoms with van der Waals surface area (Å²) >= 11 is 0. The summed E-state index contributed by atoms with van der Waals surface area (Å²) in [5.74, 6) is -0.916. The lowest BCUT2D eigenvalue weighted by Crippen LogP contribution is -2.34. The molecule has 5 nitrogen and oxygen atoms in total. The molecule has 0 saturated heterocycles. The lowest BCUT2D eigenvalue weighted by Gasteiger charge is -2.20. The molecule has 1 rings (SSSR count). The predicted octanol–water partition coefficient (Wildman–Crippen LogP) is 1.42. The van der Waals surface area contributed by atoms with Gasteiger partial charge in [-0.25, -0.2) is 4.39 Å². The van der Waals surface area contributed by atoms with Crippen LogP contribution in [-0.2, 0) is 0 Å². The molecule has 0 aliphatic rings. The summed E-state index contributed by atoms with van der Waals surface area (Å²) in [5, 5.41) is 11.2. The number of amides is 1. The number of amidine groups is 1. The number of nitrogens with zero attached hydrogens (tertiary/aromatic N) is 2. The van der Waals surface area contributed by atoms with Crippen LogP contribution >= 0.6 is 0 Å². The Hall–Kier alpha value is -2.11. The highest BCUT2D eigenvalue weighted by Gasteiger charge is 2.17. The third-order valence-corrected chi connectivity index (χ3v) is 2.54. The van der Waals surface area contributed by atoms with E-state index in [2.05, 4.69) is 5.16 Å². The van der Waals surface area contributed by atoms with Crippen LogP contribution in [0.4, 0.5) is 4.39 Å². The van der Waals surface area contributed by atoms with Crippen molar-refractivity contribution < 1.29 is 14.4 Å². The second-order valence-corrected chi connectivity index (χ2v) is 3.71. The zero-order valence-corrected chi connectivity index (χ0v) is 10.1. The first-order valence-electron chi connectivity index (χ1n) is 5.60. The van der Waals surface area contributed by atoms with Crippen molar-refractivity contribution >= 4 is 11.7 Å². The number of benzene rings is 1. The van der Waals surface area contributed by atoms with Crippen molar-refractivity contribution in [1.82, 2.24) is 4.90 Å². The van der Waals surface area contributed by atoms with E-state index in [4.69, 9.17) is 10.9 Å². The van der Waals surface area contributed by atoms with Gasteiger partial charge in [0.15, 0.2) is 0 Å². The molecule has 0 aliphatic carbocycles. The number of hydrogen-bond donors (Lipinski definition) is 2. The predicted molar refractivity (Wildman–Crippen MR) is 66.0 cm³/mol. The fourth-order valence-corrected chi connectivity index (χ4v) is 1.51. The number of hydrogen-bond acceptors (Lipinski definition) is 3. The van der Waals surface area contributed by atoms with Crippen LogP contribution in [0.5, 0.6) is 0 Å². The van der Waals surface area contributed by atoms with Gasteiger partial charge >= 0.3 is 0 Å². The molecule has 0 fully saturated rings. The molecule has 0 spiro atoms. The van der Waals surface area contributed by atoms with Crippen LogP contribution in [0.1, 0.15) is 23.7 Å². The van der Waals surface area contributed by atoms with Gasteiger partial charge in [0.1, 0.15) is 11.7 Å². The lowest BCUT2D eigenvalue weighted by molar-refractivity contribution is 0.0763. The number of nitrogens with two attached hydrogens (primary N) is 1. The van der Waals surface area contributed by atoms with Gasteiger partial charge < -0.3 is 15.8 Å². The van der Waals surface area contributed by atoms with E-state index in [9.17, 15) is 9.18 Å². The smallest absolute Gasteiger partial charge is 0.256 e. The largest absolute Gasteiger partial charge is 0.409 e. The normalized spacial score (nSPS) is 11.3. The van der Waals surface area contributed by atoms with E-state index in [1.54, 1.807) is 13.0 Å². The van der Waals surface area contributed by atoms with Gasteiger partial charge in [0, 0.05) is 19.5 Å². The number of halogens is 1. The summed E-state index contributed by atoms with van der Waals surface area (Å²) in [6.45, 7) is 2.48. The number of carbonyl (C=O) groups is 1. The molecule has 0 unspecified atom stereocenters. The minimum atomic E-state index is -0.551. The maximum atomic E-state index is 13.5. The summed E-state index contributed by atoms with van der Waals surface area (Å²) in [6, 6.07) is 5.81. The Morgan fingerprint density at radius 3 is 2.72 bits per heavy atom. The molecule has 0 aliphatic heterocycles. The lowest BCUT2D eigenvalue weighted by atomic mass is 10.2. The number of carbonyl (C=O) groups excluding carboxylic acids is 1. The van der Waals surface area contributed by atoms with Crippen LogP contribution < -0.4 is 5.73 Å². The molecule has 0 saturated carbocycles. The fraction of sp³-hybridized carbons (Fsp3) is 0.333. The van der Waals surface area contributed by atoms with Crippen LogP contribution in [0.2, 0.25) is 0 Å². The van der Waals surface area contributed by atoms with Gasteiger partial charge in [-0.2, -0.15) is 0 Å². The molecule has 0 atom stereocenters. The zero-order valence-electron chi connectivity index (χ0n) is 10.1. The van der Waals surface area contributed by atoms with Crippen molar-refractivity contribution in [2.45, 2.75) is 13.3 Å². The second kappa shape index (κ2) is 6.58. The first kappa shape index (κ1) is 14.0. The van der Waals surface area contributed by atoms with Crippen molar-refractivity contribution in [3.05, 3.63) is 35.6 Å². The van der Waals surface area contributed by atoms with E-state index in [0.29, 0.717) is 6.54 Å². The Morgan fingerprint density at radius 1 is 1.50 bits per heavy atom. The topological polar surface area (TPSA) is 78.9 Å². The minimum Gasteiger partial charge on any atom is -0.409 e. The van der Waals surface area contributed by atoms with E-state index in [0.717, 1.165) is 0 Å². The Kier molecular flexibility index (Phi) is 5.10. The zero-order chi connectivity index (χ0) is 13.5. The van der Waals surface area contributed by atoms with E-state index in [1.165, 1.54) is 23.1 Å². The quantitative estimate of drug-likeness (QED) is 0.360. The standard InChI is InChI=1S/C12H16FN3O2/c1-2-16(8-7-11(14)15-18)12(17)9-5-3-4-6-10(9)13/h3-6,18H,2,7-8H2,1H3,(H2,14,15). The molecule has 1 aromatic rings. The summed E-state index contributed by atoms with van der Waals surface area (Å²) in [4.78, 5) is 13.5. The molecule has 0 radical (unpaired) electrons. The number of oxime groups is 1. The first-order valence-corrected chi connectivity index (χ1v) is 5.60. The first-order chi connectivity index (χ1) is 8.60. The molecule has 18 heavy (non-hydrogen) atoms.